The Morgan fingerprint density at radius 2 is 1.66 bits per heavy atom. The van der Waals surface area contributed by atoms with Gasteiger partial charge in [-0.05, 0) is 73.8 Å². The molecule has 0 radical (unpaired) electrons. The van der Waals surface area contributed by atoms with Gasteiger partial charge in [0, 0.05) is 18.3 Å². The second kappa shape index (κ2) is 11.2. The zero-order valence-electron chi connectivity index (χ0n) is 18.9. The van der Waals surface area contributed by atoms with Gasteiger partial charge in [0.25, 0.3) is 0 Å². The number of hydrogen-bond donors (Lipinski definition) is 2. The number of carbonyl (C=O) groups is 1. The molecule has 0 aliphatic heterocycles. The van der Waals surface area contributed by atoms with E-state index in [-0.39, 0.29) is 0 Å². The molecular formula is C28H30N2O2. The summed E-state index contributed by atoms with van der Waals surface area (Å²) in [5.74, 6) is 5.17. The van der Waals surface area contributed by atoms with E-state index in [0.29, 0.717) is 11.6 Å². The first-order valence-corrected chi connectivity index (χ1v) is 10.8. The highest BCUT2D eigenvalue weighted by Crippen LogP contribution is 2.21. The molecule has 3 aromatic carbocycles. The summed E-state index contributed by atoms with van der Waals surface area (Å²) < 4.78 is 0. The standard InChI is InChI=1S/C28H30N2O2/c1-4-5-17-30(3)21(2)18-23-7-6-8-27(19-23)29-20-22-9-11-24(12-10-22)25-13-15-26(16-14-25)28(31)32/h6-16,19,21,29H,17-18,20H2,1-3H3,(H,31,32)/t21-/m1/s1. The van der Waals surface area contributed by atoms with E-state index in [1.54, 1.807) is 12.1 Å². The molecule has 0 unspecified atom stereocenters. The molecule has 0 spiro atoms. The van der Waals surface area contributed by atoms with Crippen molar-refractivity contribution < 1.29 is 9.90 Å². The minimum Gasteiger partial charge on any atom is -0.478 e. The fourth-order valence-electron chi connectivity index (χ4n) is 3.49. The van der Waals surface area contributed by atoms with E-state index in [9.17, 15) is 4.79 Å². The molecule has 3 aromatic rings. The van der Waals surface area contributed by atoms with Crippen LogP contribution in [0.3, 0.4) is 0 Å². The van der Waals surface area contributed by atoms with Crippen LogP contribution in [-0.4, -0.2) is 35.6 Å². The van der Waals surface area contributed by atoms with Gasteiger partial charge < -0.3 is 10.4 Å². The summed E-state index contributed by atoms with van der Waals surface area (Å²) in [5, 5.41) is 12.6. The maximum Gasteiger partial charge on any atom is 0.335 e. The van der Waals surface area contributed by atoms with Crippen LogP contribution in [0.25, 0.3) is 11.1 Å². The molecule has 4 nitrogen and oxygen atoms in total. The number of aromatic carboxylic acids is 1. The van der Waals surface area contributed by atoms with Crippen LogP contribution in [-0.2, 0) is 13.0 Å². The molecule has 0 aromatic heterocycles. The molecule has 32 heavy (non-hydrogen) atoms. The lowest BCUT2D eigenvalue weighted by molar-refractivity contribution is 0.0697. The monoisotopic (exact) mass is 426 g/mol. The van der Waals surface area contributed by atoms with Crippen molar-refractivity contribution in [1.82, 2.24) is 4.90 Å². The SMILES string of the molecule is CC#CCN(C)[C@H](C)Cc1cccc(NCc2ccc(-c3ccc(C(=O)O)cc3)cc2)c1. The summed E-state index contributed by atoms with van der Waals surface area (Å²) in [7, 11) is 2.11. The second-order valence-corrected chi connectivity index (χ2v) is 8.03. The van der Waals surface area contributed by atoms with Crippen molar-refractivity contribution in [1.29, 1.82) is 0 Å². The number of anilines is 1. The van der Waals surface area contributed by atoms with Gasteiger partial charge in [-0.25, -0.2) is 4.79 Å². The van der Waals surface area contributed by atoms with Gasteiger partial charge in [-0.1, -0.05) is 54.5 Å². The van der Waals surface area contributed by atoms with Crippen LogP contribution in [0.15, 0.2) is 72.8 Å². The second-order valence-electron chi connectivity index (χ2n) is 8.03. The van der Waals surface area contributed by atoms with Crippen molar-refractivity contribution >= 4 is 11.7 Å². The molecule has 1 atom stereocenters. The molecule has 4 heteroatoms. The first-order valence-electron chi connectivity index (χ1n) is 10.8. The van der Waals surface area contributed by atoms with E-state index in [0.717, 1.165) is 36.3 Å². The molecule has 0 aliphatic rings. The number of nitrogens with zero attached hydrogens (tertiary/aromatic N) is 1. The van der Waals surface area contributed by atoms with Gasteiger partial charge in [0.15, 0.2) is 0 Å². The molecule has 0 bridgehead atoms. The summed E-state index contributed by atoms with van der Waals surface area (Å²) in [6.45, 7) is 5.63. The fourth-order valence-corrected chi connectivity index (χ4v) is 3.49. The molecule has 0 aliphatic carbocycles. The Hall–Kier alpha value is -3.55. The number of carboxylic acids is 1. The number of nitrogens with one attached hydrogen (secondary N) is 1. The Labute approximate surface area is 190 Å². The number of hydrogen-bond acceptors (Lipinski definition) is 3. The molecule has 0 heterocycles. The lowest BCUT2D eigenvalue weighted by Gasteiger charge is -2.22. The number of carboxylic acid groups (broad SMARTS) is 1. The maximum absolute atomic E-state index is 11.0. The molecule has 3 rings (SSSR count). The summed E-state index contributed by atoms with van der Waals surface area (Å²) in [4.78, 5) is 13.3. The quantitative estimate of drug-likeness (QED) is 0.441. The maximum atomic E-state index is 11.0. The van der Waals surface area contributed by atoms with Gasteiger partial charge in [0.1, 0.15) is 0 Å². The predicted molar refractivity (Wildman–Crippen MR) is 132 cm³/mol. The number of rotatable bonds is 9. The predicted octanol–water partition coefficient (Wildman–Crippen LogP) is 5.55. The van der Waals surface area contributed by atoms with Gasteiger partial charge in [-0.15, -0.1) is 5.92 Å². The van der Waals surface area contributed by atoms with Crippen molar-refractivity contribution in [2.45, 2.75) is 32.9 Å². The van der Waals surface area contributed by atoms with E-state index >= 15 is 0 Å². The molecule has 0 amide bonds. The van der Waals surface area contributed by atoms with Crippen LogP contribution in [0.1, 0.15) is 35.3 Å². The van der Waals surface area contributed by atoms with Gasteiger partial charge in [0.2, 0.25) is 0 Å². The zero-order valence-corrected chi connectivity index (χ0v) is 18.9. The van der Waals surface area contributed by atoms with Gasteiger partial charge in [-0.2, -0.15) is 0 Å². The summed E-state index contributed by atoms with van der Waals surface area (Å²) in [6, 6.07) is 24.3. The van der Waals surface area contributed by atoms with Crippen molar-refractivity contribution in [2.24, 2.45) is 0 Å². The minimum atomic E-state index is -0.908. The third kappa shape index (κ3) is 6.47. The summed E-state index contributed by atoms with van der Waals surface area (Å²) >= 11 is 0. The van der Waals surface area contributed by atoms with Crippen LogP contribution >= 0.6 is 0 Å². The molecule has 2 N–H and O–H groups in total. The van der Waals surface area contributed by atoms with Crippen molar-refractivity contribution in [2.75, 3.05) is 18.9 Å². The fraction of sp³-hybridized carbons (Fsp3) is 0.250. The largest absolute Gasteiger partial charge is 0.478 e. The Morgan fingerprint density at radius 3 is 2.28 bits per heavy atom. The van der Waals surface area contributed by atoms with Gasteiger partial charge >= 0.3 is 5.97 Å². The first-order chi connectivity index (χ1) is 15.5. The van der Waals surface area contributed by atoms with Crippen molar-refractivity contribution in [3.63, 3.8) is 0 Å². The average Bonchev–Trinajstić information content (AvgIpc) is 2.82. The van der Waals surface area contributed by atoms with Crippen LogP contribution in [0, 0.1) is 11.8 Å². The molecule has 0 fully saturated rings. The van der Waals surface area contributed by atoms with E-state index in [2.05, 4.69) is 84.6 Å². The highest BCUT2D eigenvalue weighted by molar-refractivity contribution is 5.88. The zero-order chi connectivity index (χ0) is 22.9. The highest BCUT2D eigenvalue weighted by atomic mass is 16.4. The molecule has 164 valence electrons. The minimum absolute atomic E-state index is 0.299. The first kappa shape index (κ1) is 23.1. The van der Waals surface area contributed by atoms with Crippen LogP contribution in [0.2, 0.25) is 0 Å². The van der Waals surface area contributed by atoms with Crippen molar-refractivity contribution in [3.05, 3.63) is 89.5 Å². The lowest BCUT2D eigenvalue weighted by atomic mass is 10.0. The van der Waals surface area contributed by atoms with Crippen LogP contribution < -0.4 is 5.32 Å². The third-order valence-corrected chi connectivity index (χ3v) is 5.63. The number of likely N-dealkylation sites (N-methyl/N-ethyl adjacent to an activating group) is 1. The third-order valence-electron chi connectivity index (χ3n) is 5.63. The smallest absolute Gasteiger partial charge is 0.335 e. The van der Waals surface area contributed by atoms with Crippen LogP contribution in [0.5, 0.6) is 0 Å². The Morgan fingerprint density at radius 1 is 1.00 bits per heavy atom. The molecule has 0 saturated heterocycles. The lowest BCUT2D eigenvalue weighted by Crippen LogP contribution is -2.31. The Balaban J connectivity index is 1.58. The van der Waals surface area contributed by atoms with Gasteiger partial charge in [-0.3, -0.25) is 4.90 Å². The summed E-state index contributed by atoms with van der Waals surface area (Å²) in [5.41, 5.74) is 5.97. The van der Waals surface area contributed by atoms with E-state index in [4.69, 9.17) is 5.11 Å². The normalized spacial score (nSPS) is 11.5. The Bertz CT molecular complexity index is 1090. The number of benzene rings is 3. The van der Waals surface area contributed by atoms with Crippen LogP contribution in [0.4, 0.5) is 5.69 Å². The van der Waals surface area contributed by atoms with Gasteiger partial charge in [0.05, 0.1) is 12.1 Å². The van der Waals surface area contributed by atoms with E-state index in [1.165, 1.54) is 11.1 Å². The average molecular weight is 427 g/mol. The van der Waals surface area contributed by atoms with Crippen molar-refractivity contribution in [3.8, 4) is 23.0 Å². The van der Waals surface area contributed by atoms with E-state index in [1.807, 2.05) is 19.1 Å². The Kier molecular flexibility index (Phi) is 8.08. The molecule has 0 saturated carbocycles. The topological polar surface area (TPSA) is 52.6 Å². The summed E-state index contributed by atoms with van der Waals surface area (Å²) in [6.07, 6.45) is 0.979. The molecular weight excluding hydrogens is 396 g/mol. The highest BCUT2D eigenvalue weighted by Gasteiger charge is 2.09. The van der Waals surface area contributed by atoms with E-state index < -0.39 is 5.97 Å².